The number of aliphatic carboxylic acids is 1. The topological polar surface area (TPSA) is 108 Å². The predicted molar refractivity (Wildman–Crippen MR) is 76.3 cm³/mol. The molecule has 0 saturated carbocycles. The molecule has 0 unspecified atom stereocenters. The molecule has 0 bridgehead atoms. The number of carbonyl (C=O) groups is 2. The molecule has 0 heterocycles. The van der Waals surface area contributed by atoms with E-state index in [1.165, 1.54) is 0 Å². The number of amides is 2. The number of aryl methyl sites for hydroxylation is 1. The lowest BCUT2D eigenvalue weighted by atomic mass is 10.2. The molecule has 7 nitrogen and oxygen atoms in total. The minimum absolute atomic E-state index is 0.0391. The second kappa shape index (κ2) is 8.80. The summed E-state index contributed by atoms with van der Waals surface area (Å²) in [4.78, 5) is 21.7. The molecule has 1 rings (SSSR count). The third kappa shape index (κ3) is 7.17. The van der Waals surface area contributed by atoms with E-state index in [2.05, 4.69) is 10.6 Å². The number of carbonyl (C=O) groups excluding carboxylic acids is 1. The fraction of sp³-hybridized carbons (Fsp3) is 0.429. The molecule has 0 aliphatic carbocycles. The van der Waals surface area contributed by atoms with Crippen molar-refractivity contribution in [2.45, 2.75) is 19.4 Å². The lowest BCUT2D eigenvalue weighted by Crippen LogP contribution is -2.39. The molecule has 21 heavy (non-hydrogen) atoms. The van der Waals surface area contributed by atoms with Gasteiger partial charge in [0.2, 0.25) is 0 Å². The Morgan fingerprint density at radius 3 is 2.67 bits per heavy atom. The van der Waals surface area contributed by atoms with Crippen LogP contribution in [-0.4, -0.2) is 48.0 Å². The third-order valence-electron chi connectivity index (χ3n) is 2.63. The van der Waals surface area contributed by atoms with Crippen LogP contribution in [0.3, 0.4) is 0 Å². The van der Waals surface area contributed by atoms with Crippen molar-refractivity contribution in [1.82, 2.24) is 10.6 Å². The van der Waals surface area contributed by atoms with E-state index in [-0.39, 0.29) is 13.0 Å². The van der Waals surface area contributed by atoms with Gasteiger partial charge in [0.1, 0.15) is 12.4 Å². The molecule has 0 aromatic heterocycles. The summed E-state index contributed by atoms with van der Waals surface area (Å²) in [7, 11) is 0. The summed E-state index contributed by atoms with van der Waals surface area (Å²) >= 11 is 0. The number of hydrogen-bond donors (Lipinski definition) is 4. The van der Waals surface area contributed by atoms with E-state index < -0.39 is 18.1 Å². The van der Waals surface area contributed by atoms with E-state index in [1.54, 1.807) is 0 Å². The second-order valence-corrected chi connectivity index (χ2v) is 4.49. The first-order valence-electron chi connectivity index (χ1n) is 6.61. The number of benzene rings is 1. The van der Waals surface area contributed by atoms with Crippen LogP contribution in [0.2, 0.25) is 0 Å². The monoisotopic (exact) mass is 296 g/mol. The third-order valence-corrected chi connectivity index (χ3v) is 2.63. The number of aliphatic hydroxyl groups is 1. The summed E-state index contributed by atoms with van der Waals surface area (Å²) in [6, 6.07) is 7.15. The molecular formula is C14H20N2O5. The lowest BCUT2D eigenvalue weighted by Gasteiger charge is -2.10. The van der Waals surface area contributed by atoms with Crippen LogP contribution in [0.5, 0.6) is 5.75 Å². The highest BCUT2D eigenvalue weighted by Crippen LogP contribution is 2.11. The van der Waals surface area contributed by atoms with Crippen molar-refractivity contribution in [2.75, 3.05) is 19.7 Å². The van der Waals surface area contributed by atoms with Gasteiger partial charge in [0, 0.05) is 13.0 Å². The molecule has 0 radical (unpaired) electrons. The van der Waals surface area contributed by atoms with Crippen LogP contribution in [0.4, 0.5) is 4.79 Å². The largest absolute Gasteiger partial charge is 0.492 e. The van der Waals surface area contributed by atoms with Crippen LogP contribution in [0.15, 0.2) is 24.3 Å². The van der Waals surface area contributed by atoms with Crippen LogP contribution < -0.4 is 15.4 Å². The maximum Gasteiger partial charge on any atom is 0.332 e. The molecule has 0 spiro atoms. The number of urea groups is 1. The Morgan fingerprint density at radius 1 is 1.29 bits per heavy atom. The average molecular weight is 296 g/mol. The smallest absolute Gasteiger partial charge is 0.332 e. The first kappa shape index (κ1) is 16.8. The number of ether oxygens (including phenoxy) is 1. The van der Waals surface area contributed by atoms with Crippen LogP contribution in [0.25, 0.3) is 0 Å². The second-order valence-electron chi connectivity index (χ2n) is 4.49. The average Bonchev–Trinajstić information content (AvgIpc) is 2.43. The fourth-order valence-electron chi connectivity index (χ4n) is 1.55. The number of hydrogen-bond acceptors (Lipinski definition) is 4. The molecule has 4 N–H and O–H groups in total. The Labute approximate surface area is 122 Å². The van der Waals surface area contributed by atoms with Crippen molar-refractivity contribution in [3.63, 3.8) is 0 Å². The van der Waals surface area contributed by atoms with Crippen molar-refractivity contribution in [3.05, 3.63) is 29.8 Å². The van der Waals surface area contributed by atoms with Gasteiger partial charge >= 0.3 is 12.0 Å². The zero-order chi connectivity index (χ0) is 15.7. The number of carboxylic acid groups (broad SMARTS) is 1. The van der Waals surface area contributed by atoms with Gasteiger partial charge in [-0.2, -0.15) is 0 Å². The minimum atomic E-state index is -1.46. The summed E-state index contributed by atoms with van der Waals surface area (Å²) in [6.07, 6.45) is -1.50. The highest BCUT2D eigenvalue weighted by Gasteiger charge is 2.12. The normalized spacial score (nSPS) is 11.5. The first-order chi connectivity index (χ1) is 9.99. The molecule has 7 heteroatoms. The Balaban J connectivity index is 2.09. The Bertz CT molecular complexity index is 478. The standard InChI is InChI=1S/C14H20N2O5/c1-10-3-2-4-11(9-10)21-8-7-16-14(20)15-6-5-12(17)13(18)19/h2-4,9,12,17H,5-8H2,1H3,(H,18,19)(H2,15,16,20)/t12-/m0/s1. The quantitative estimate of drug-likeness (QED) is 0.523. The van der Waals surface area contributed by atoms with E-state index in [1.807, 2.05) is 31.2 Å². The van der Waals surface area contributed by atoms with Gasteiger partial charge in [0.05, 0.1) is 6.54 Å². The lowest BCUT2D eigenvalue weighted by molar-refractivity contribution is -0.146. The van der Waals surface area contributed by atoms with Gasteiger partial charge < -0.3 is 25.6 Å². The van der Waals surface area contributed by atoms with Gasteiger partial charge in [0.15, 0.2) is 6.10 Å². The Morgan fingerprint density at radius 2 is 2.00 bits per heavy atom. The zero-order valence-corrected chi connectivity index (χ0v) is 11.8. The highest BCUT2D eigenvalue weighted by molar-refractivity contribution is 5.74. The molecule has 1 aromatic rings. The van der Waals surface area contributed by atoms with E-state index in [4.69, 9.17) is 14.9 Å². The van der Waals surface area contributed by atoms with Crippen LogP contribution in [0.1, 0.15) is 12.0 Å². The summed E-state index contributed by atoms with van der Waals surface area (Å²) in [5.41, 5.74) is 1.09. The van der Waals surface area contributed by atoms with Gasteiger partial charge in [-0.05, 0) is 24.6 Å². The summed E-state index contributed by atoms with van der Waals surface area (Å²) < 4.78 is 5.45. The van der Waals surface area contributed by atoms with Crippen LogP contribution in [0, 0.1) is 6.92 Å². The minimum Gasteiger partial charge on any atom is -0.492 e. The molecule has 116 valence electrons. The van der Waals surface area contributed by atoms with Crippen molar-refractivity contribution in [3.8, 4) is 5.75 Å². The zero-order valence-electron chi connectivity index (χ0n) is 11.8. The SMILES string of the molecule is Cc1cccc(OCCNC(=O)NCC[C@H](O)C(=O)O)c1. The molecule has 1 atom stereocenters. The molecule has 0 aliphatic heterocycles. The van der Waals surface area contributed by atoms with E-state index in [0.717, 1.165) is 11.3 Å². The van der Waals surface area contributed by atoms with Gasteiger partial charge in [-0.3, -0.25) is 0 Å². The first-order valence-corrected chi connectivity index (χ1v) is 6.61. The maximum absolute atomic E-state index is 11.4. The molecule has 0 fully saturated rings. The number of nitrogens with one attached hydrogen (secondary N) is 2. The van der Waals surface area contributed by atoms with Crippen molar-refractivity contribution >= 4 is 12.0 Å². The molecule has 0 aliphatic rings. The van der Waals surface area contributed by atoms with E-state index >= 15 is 0 Å². The summed E-state index contributed by atoms with van der Waals surface area (Å²) in [6.45, 7) is 2.69. The predicted octanol–water partition coefficient (Wildman–Crippen LogP) is 0.509. The number of rotatable bonds is 8. The van der Waals surface area contributed by atoms with Gasteiger partial charge in [-0.15, -0.1) is 0 Å². The summed E-state index contributed by atoms with van der Waals surface area (Å²) in [5, 5.41) is 22.5. The van der Waals surface area contributed by atoms with Crippen LogP contribution in [-0.2, 0) is 4.79 Å². The van der Waals surface area contributed by atoms with Gasteiger partial charge in [-0.25, -0.2) is 9.59 Å². The molecule has 2 amide bonds. The maximum atomic E-state index is 11.4. The molecular weight excluding hydrogens is 276 g/mol. The highest BCUT2D eigenvalue weighted by atomic mass is 16.5. The van der Waals surface area contributed by atoms with E-state index in [0.29, 0.717) is 13.2 Å². The van der Waals surface area contributed by atoms with Crippen molar-refractivity contribution in [1.29, 1.82) is 0 Å². The number of carboxylic acids is 1. The van der Waals surface area contributed by atoms with E-state index in [9.17, 15) is 9.59 Å². The Kier molecular flexibility index (Phi) is 7.03. The Hall–Kier alpha value is -2.28. The number of aliphatic hydroxyl groups excluding tert-OH is 1. The summed E-state index contributed by atoms with van der Waals surface area (Å²) in [5.74, 6) is -0.564. The fourth-order valence-corrected chi connectivity index (χ4v) is 1.55. The van der Waals surface area contributed by atoms with Crippen LogP contribution >= 0.6 is 0 Å². The molecule has 0 saturated heterocycles. The molecule has 1 aromatic carbocycles. The van der Waals surface area contributed by atoms with Crippen molar-refractivity contribution in [2.24, 2.45) is 0 Å². The van der Waals surface area contributed by atoms with Gasteiger partial charge in [-0.1, -0.05) is 12.1 Å². The van der Waals surface area contributed by atoms with Gasteiger partial charge in [0.25, 0.3) is 0 Å². The van der Waals surface area contributed by atoms with Crippen molar-refractivity contribution < 1.29 is 24.5 Å².